The third kappa shape index (κ3) is 2.46. The van der Waals surface area contributed by atoms with Gasteiger partial charge in [0.2, 0.25) is 5.91 Å². The van der Waals surface area contributed by atoms with Gasteiger partial charge in [-0.05, 0) is 30.7 Å². The molecule has 0 bridgehead atoms. The van der Waals surface area contributed by atoms with Crippen LogP contribution in [0.1, 0.15) is 32.6 Å². The smallest absolute Gasteiger partial charge is 0.229 e. The molecule has 0 spiro atoms. The number of benzene rings is 1. The summed E-state index contributed by atoms with van der Waals surface area (Å²) in [5.74, 6) is 1.21. The number of rotatable bonds is 2. The minimum atomic E-state index is 0.0830. The lowest BCUT2D eigenvalue weighted by molar-refractivity contribution is -0.120. The average Bonchev–Trinajstić information content (AvgIpc) is 2.56. The molecule has 0 unspecified atom stereocenters. The van der Waals surface area contributed by atoms with E-state index in [4.69, 9.17) is 5.73 Å². The molecule has 0 radical (unpaired) electrons. The van der Waals surface area contributed by atoms with Gasteiger partial charge in [0.25, 0.3) is 0 Å². The molecule has 5 heteroatoms. The molecule has 2 aliphatic rings. The van der Waals surface area contributed by atoms with Gasteiger partial charge < -0.3 is 16.4 Å². The van der Waals surface area contributed by atoms with Gasteiger partial charge in [0.1, 0.15) is 0 Å². The summed E-state index contributed by atoms with van der Waals surface area (Å²) in [6.45, 7) is 2.11. The number of thioether (sulfide) groups is 1. The zero-order valence-electron chi connectivity index (χ0n) is 11.7. The number of amides is 1. The Hall–Kier alpha value is -1.36. The second-order valence-corrected chi connectivity index (χ2v) is 6.81. The third-order valence-electron chi connectivity index (χ3n) is 4.15. The Morgan fingerprint density at radius 2 is 2.10 bits per heavy atom. The lowest BCUT2D eigenvalue weighted by Crippen LogP contribution is -2.37. The molecule has 0 saturated heterocycles. The molecule has 3 rings (SSSR count). The number of fused-ring (bicyclic) bond motifs is 2. The van der Waals surface area contributed by atoms with E-state index in [0.29, 0.717) is 0 Å². The SMILES string of the molecule is CCSc1cc2c(cc1N)NC(=O)[C@@H]1CCCC[C@@H]1N2. The van der Waals surface area contributed by atoms with Gasteiger partial charge in [-0.25, -0.2) is 0 Å². The van der Waals surface area contributed by atoms with E-state index >= 15 is 0 Å². The first kappa shape index (κ1) is 13.6. The second kappa shape index (κ2) is 5.56. The van der Waals surface area contributed by atoms with Gasteiger partial charge >= 0.3 is 0 Å². The largest absolute Gasteiger partial charge is 0.398 e. The van der Waals surface area contributed by atoms with E-state index in [1.54, 1.807) is 11.8 Å². The normalized spacial score (nSPS) is 24.9. The average molecular weight is 291 g/mol. The Morgan fingerprint density at radius 3 is 2.90 bits per heavy atom. The first-order valence-electron chi connectivity index (χ1n) is 7.32. The zero-order chi connectivity index (χ0) is 14.1. The van der Waals surface area contributed by atoms with Crippen molar-refractivity contribution in [3.63, 3.8) is 0 Å². The Kier molecular flexibility index (Phi) is 3.78. The standard InChI is InChI=1S/C15H21N3OS/c1-2-20-14-8-13-12(7-10(14)16)18-15(19)9-5-3-4-6-11(9)17-13/h7-9,11,17H,2-6,16H2,1H3,(H,18,19)/t9-,11+/m1/s1. The van der Waals surface area contributed by atoms with E-state index in [-0.39, 0.29) is 17.9 Å². The monoisotopic (exact) mass is 291 g/mol. The van der Waals surface area contributed by atoms with Crippen molar-refractivity contribution in [1.82, 2.24) is 0 Å². The van der Waals surface area contributed by atoms with E-state index in [1.165, 1.54) is 6.42 Å². The van der Waals surface area contributed by atoms with Crippen molar-refractivity contribution in [1.29, 1.82) is 0 Å². The maximum atomic E-state index is 12.3. The van der Waals surface area contributed by atoms with Gasteiger partial charge in [0.05, 0.1) is 17.3 Å². The Bertz CT molecular complexity index is 532. The van der Waals surface area contributed by atoms with Crippen molar-refractivity contribution in [2.75, 3.05) is 22.1 Å². The summed E-state index contributed by atoms with van der Waals surface area (Å²) in [5, 5.41) is 6.61. The van der Waals surface area contributed by atoms with Crippen LogP contribution in [0, 0.1) is 5.92 Å². The maximum absolute atomic E-state index is 12.3. The Balaban J connectivity index is 1.96. The van der Waals surface area contributed by atoms with Crippen molar-refractivity contribution in [2.45, 2.75) is 43.5 Å². The number of anilines is 3. The summed E-state index contributed by atoms with van der Waals surface area (Å²) in [6, 6.07) is 4.22. The number of carbonyl (C=O) groups is 1. The van der Waals surface area contributed by atoms with Crippen LogP contribution in [0.2, 0.25) is 0 Å². The fourth-order valence-corrected chi connectivity index (χ4v) is 3.88. The molecule has 4 nitrogen and oxygen atoms in total. The first-order chi connectivity index (χ1) is 9.69. The molecule has 108 valence electrons. The molecule has 1 aromatic carbocycles. The molecule has 2 atom stereocenters. The van der Waals surface area contributed by atoms with Crippen LogP contribution in [0.3, 0.4) is 0 Å². The van der Waals surface area contributed by atoms with Crippen LogP contribution in [0.15, 0.2) is 17.0 Å². The Labute approximate surface area is 123 Å². The number of nitrogen functional groups attached to an aromatic ring is 1. The molecule has 1 aromatic rings. The van der Waals surface area contributed by atoms with E-state index in [9.17, 15) is 4.79 Å². The van der Waals surface area contributed by atoms with Crippen molar-refractivity contribution in [3.05, 3.63) is 12.1 Å². The highest BCUT2D eigenvalue weighted by Gasteiger charge is 2.34. The number of carbonyl (C=O) groups excluding carboxylic acids is 1. The molecule has 1 heterocycles. The summed E-state index contributed by atoms with van der Waals surface area (Å²) in [7, 11) is 0. The number of hydrogen-bond donors (Lipinski definition) is 3. The highest BCUT2D eigenvalue weighted by molar-refractivity contribution is 7.99. The zero-order valence-corrected chi connectivity index (χ0v) is 12.6. The van der Waals surface area contributed by atoms with Crippen LogP contribution in [0.4, 0.5) is 17.1 Å². The van der Waals surface area contributed by atoms with Gasteiger partial charge in [-0.15, -0.1) is 11.8 Å². The highest BCUT2D eigenvalue weighted by Crippen LogP contribution is 2.39. The van der Waals surface area contributed by atoms with E-state index in [2.05, 4.69) is 23.6 Å². The maximum Gasteiger partial charge on any atom is 0.229 e. The summed E-state index contributed by atoms with van der Waals surface area (Å²) in [6.07, 6.45) is 4.38. The minimum Gasteiger partial charge on any atom is -0.398 e. The molecule has 20 heavy (non-hydrogen) atoms. The van der Waals surface area contributed by atoms with Crippen molar-refractivity contribution in [2.24, 2.45) is 5.92 Å². The molecule has 1 saturated carbocycles. The summed E-state index contributed by atoms with van der Waals surface area (Å²) in [5.41, 5.74) is 8.65. The quantitative estimate of drug-likeness (QED) is 0.578. The van der Waals surface area contributed by atoms with Gasteiger partial charge in [-0.2, -0.15) is 0 Å². The van der Waals surface area contributed by atoms with Crippen molar-refractivity contribution >= 4 is 34.7 Å². The number of nitrogens with one attached hydrogen (secondary N) is 2. The van der Waals surface area contributed by atoms with Crippen LogP contribution in [-0.2, 0) is 4.79 Å². The second-order valence-electron chi connectivity index (χ2n) is 5.50. The van der Waals surface area contributed by atoms with Crippen molar-refractivity contribution in [3.8, 4) is 0 Å². The lowest BCUT2D eigenvalue weighted by Gasteiger charge is -2.29. The topological polar surface area (TPSA) is 67.1 Å². The molecule has 1 aliphatic carbocycles. The van der Waals surface area contributed by atoms with Crippen LogP contribution < -0.4 is 16.4 Å². The number of hydrogen-bond acceptors (Lipinski definition) is 4. The minimum absolute atomic E-state index is 0.0830. The molecular weight excluding hydrogens is 270 g/mol. The van der Waals surface area contributed by atoms with E-state index in [1.807, 2.05) is 6.07 Å². The number of nitrogens with two attached hydrogens (primary N) is 1. The van der Waals surface area contributed by atoms with Crippen LogP contribution in [0.5, 0.6) is 0 Å². The summed E-state index contributed by atoms with van der Waals surface area (Å²) >= 11 is 1.73. The van der Waals surface area contributed by atoms with Crippen LogP contribution in [-0.4, -0.2) is 17.7 Å². The lowest BCUT2D eigenvalue weighted by atomic mass is 9.84. The summed E-state index contributed by atoms with van der Waals surface area (Å²) < 4.78 is 0. The molecule has 1 fully saturated rings. The van der Waals surface area contributed by atoms with E-state index in [0.717, 1.165) is 47.0 Å². The highest BCUT2D eigenvalue weighted by atomic mass is 32.2. The Morgan fingerprint density at radius 1 is 1.30 bits per heavy atom. The van der Waals surface area contributed by atoms with Gasteiger partial charge in [-0.3, -0.25) is 4.79 Å². The van der Waals surface area contributed by atoms with Crippen molar-refractivity contribution < 1.29 is 4.79 Å². The predicted octanol–water partition coefficient (Wildman–Crippen LogP) is 3.30. The summed E-state index contributed by atoms with van der Waals surface area (Å²) in [4.78, 5) is 13.4. The molecular formula is C15H21N3OS. The van der Waals surface area contributed by atoms with Crippen LogP contribution in [0.25, 0.3) is 0 Å². The third-order valence-corrected chi connectivity index (χ3v) is 5.10. The van der Waals surface area contributed by atoms with Crippen LogP contribution >= 0.6 is 11.8 Å². The van der Waals surface area contributed by atoms with Gasteiger partial charge in [-0.1, -0.05) is 19.8 Å². The fraction of sp³-hybridized carbons (Fsp3) is 0.533. The molecule has 0 aromatic heterocycles. The van der Waals surface area contributed by atoms with Gasteiger partial charge in [0.15, 0.2) is 0 Å². The molecule has 1 amide bonds. The fourth-order valence-electron chi connectivity index (χ4n) is 3.14. The van der Waals surface area contributed by atoms with E-state index < -0.39 is 0 Å². The molecule has 4 N–H and O–H groups in total. The predicted molar refractivity (Wildman–Crippen MR) is 85.3 cm³/mol. The molecule has 1 aliphatic heterocycles. The first-order valence-corrected chi connectivity index (χ1v) is 8.31. The van der Waals surface area contributed by atoms with Gasteiger partial charge in [0, 0.05) is 16.6 Å².